The van der Waals surface area contributed by atoms with E-state index in [0.29, 0.717) is 13.0 Å². The highest BCUT2D eigenvalue weighted by atomic mass is 16.5. The number of unbranched alkanes of at least 4 members (excludes halogenated alkanes) is 3. The molecule has 0 aliphatic carbocycles. The topological polar surface area (TPSA) is 64.5 Å². The van der Waals surface area contributed by atoms with E-state index in [2.05, 4.69) is 14.9 Å². The summed E-state index contributed by atoms with van der Waals surface area (Å²) in [7, 11) is 0. The largest absolute Gasteiger partial charge is 0.489 e. The number of hydrogen-bond acceptors (Lipinski definition) is 6. The Morgan fingerprint density at radius 3 is 2.68 bits per heavy atom. The Balaban J connectivity index is 1.95. The van der Waals surface area contributed by atoms with Crippen LogP contribution in [0, 0.1) is 0 Å². The zero-order valence-corrected chi connectivity index (χ0v) is 17.1. The van der Waals surface area contributed by atoms with Gasteiger partial charge in [0, 0.05) is 25.2 Å². The summed E-state index contributed by atoms with van der Waals surface area (Å²) in [5.74, 6) is 1.53. The molecule has 0 aromatic carbocycles. The molecule has 0 amide bonds. The van der Waals surface area contributed by atoms with Crippen LogP contribution in [-0.2, 0) is 9.53 Å². The van der Waals surface area contributed by atoms with Crippen LogP contribution in [0.2, 0.25) is 0 Å². The van der Waals surface area contributed by atoms with Gasteiger partial charge in [-0.1, -0.05) is 18.9 Å². The number of carbonyl (C=O) groups is 1. The minimum atomic E-state index is -0.106. The van der Waals surface area contributed by atoms with Crippen molar-refractivity contribution in [1.82, 2.24) is 9.97 Å². The van der Waals surface area contributed by atoms with Crippen LogP contribution in [0.3, 0.4) is 0 Å². The molecule has 152 valence electrons. The molecule has 2 heterocycles. The first-order valence-electron chi connectivity index (χ1n) is 10.1. The first-order valence-corrected chi connectivity index (χ1v) is 10.1. The minimum absolute atomic E-state index is 0.0970. The van der Waals surface area contributed by atoms with E-state index in [0.717, 1.165) is 49.5 Å². The molecule has 0 bridgehead atoms. The third-order valence-corrected chi connectivity index (χ3v) is 4.13. The van der Waals surface area contributed by atoms with Crippen LogP contribution in [0.5, 0.6) is 5.75 Å². The van der Waals surface area contributed by atoms with Gasteiger partial charge in [0.1, 0.15) is 11.6 Å². The maximum Gasteiger partial charge on any atom is 0.305 e. The van der Waals surface area contributed by atoms with E-state index in [-0.39, 0.29) is 12.1 Å². The highest BCUT2D eigenvalue weighted by Gasteiger charge is 2.12. The van der Waals surface area contributed by atoms with Crippen LogP contribution in [0.1, 0.15) is 52.9 Å². The van der Waals surface area contributed by atoms with Gasteiger partial charge >= 0.3 is 5.97 Å². The summed E-state index contributed by atoms with van der Waals surface area (Å²) in [4.78, 5) is 22.4. The third kappa shape index (κ3) is 7.55. The number of anilines is 2. The van der Waals surface area contributed by atoms with E-state index in [1.165, 1.54) is 0 Å². The number of aromatic nitrogens is 2. The minimum Gasteiger partial charge on any atom is -0.489 e. The van der Waals surface area contributed by atoms with Gasteiger partial charge in [-0.25, -0.2) is 4.98 Å². The van der Waals surface area contributed by atoms with Crippen LogP contribution in [0.25, 0.3) is 0 Å². The fourth-order valence-corrected chi connectivity index (χ4v) is 2.91. The van der Waals surface area contributed by atoms with Crippen molar-refractivity contribution in [2.75, 3.05) is 18.1 Å². The maximum atomic E-state index is 11.4. The van der Waals surface area contributed by atoms with Crippen molar-refractivity contribution in [3.63, 3.8) is 0 Å². The lowest BCUT2D eigenvalue weighted by Crippen LogP contribution is -2.20. The van der Waals surface area contributed by atoms with Crippen LogP contribution >= 0.6 is 0 Å². The zero-order chi connectivity index (χ0) is 20.2. The third-order valence-electron chi connectivity index (χ3n) is 4.13. The summed E-state index contributed by atoms with van der Waals surface area (Å²) in [6.45, 7) is 7.11. The average Bonchev–Trinajstić information content (AvgIpc) is 2.68. The van der Waals surface area contributed by atoms with E-state index < -0.39 is 0 Å². The van der Waals surface area contributed by atoms with Gasteiger partial charge < -0.3 is 14.4 Å². The maximum absolute atomic E-state index is 11.4. The predicted molar refractivity (Wildman–Crippen MR) is 111 cm³/mol. The standard InChI is InChI=1S/C22H31N3O3/c1-4-27-22(26)12-7-5-6-10-14-25(21-11-8-9-13-24-21)19-15-20(17-23-16-19)28-18(2)3/h8-9,11,13,15-18H,4-7,10,12,14H2,1-3H3. The average molecular weight is 386 g/mol. The molecular formula is C22H31N3O3. The summed E-state index contributed by atoms with van der Waals surface area (Å²) in [5, 5.41) is 0. The van der Waals surface area contributed by atoms with Gasteiger partial charge in [0.2, 0.25) is 0 Å². The number of carbonyl (C=O) groups excluding carboxylic acids is 1. The van der Waals surface area contributed by atoms with Crippen molar-refractivity contribution in [3.05, 3.63) is 42.9 Å². The van der Waals surface area contributed by atoms with Crippen molar-refractivity contribution in [1.29, 1.82) is 0 Å². The molecule has 0 unspecified atom stereocenters. The molecule has 0 fully saturated rings. The number of hydrogen-bond donors (Lipinski definition) is 0. The Kier molecular flexibility index (Phi) is 9.25. The molecule has 0 radical (unpaired) electrons. The second-order valence-corrected chi connectivity index (χ2v) is 6.85. The van der Waals surface area contributed by atoms with E-state index in [1.807, 2.05) is 51.2 Å². The number of nitrogens with zero attached hydrogens (tertiary/aromatic N) is 3. The van der Waals surface area contributed by atoms with Gasteiger partial charge in [0.25, 0.3) is 0 Å². The molecule has 0 spiro atoms. The summed E-state index contributed by atoms with van der Waals surface area (Å²) < 4.78 is 10.8. The van der Waals surface area contributed by atoms with E-state index in [1.54, 1.807) is 12.4 Å². The van der Waals surface area contributed by atoms with Crippen molar-refractivity contribution in [2.45, 2.75) is 59.0 Å². The van der Waals surface area contributed by atoms with E-state index in [4.69, 9.17) is 9.47 Å². The molecular weight excluding hydrogens is 354 g/mol. The first-order chi connectivity index (χ1) is 13.6. The molecule has 2 aromatic rings. The second-order valence-electron chi connectivity index (χ2n) is 6.85. The Morgan fingerprint density at radius 2 is 1.96 bits per heavy atom. The van der Waals surface area contributed by atoms with E-state index >= 15 is 0 Å². The molecule has 2 rings (SSSR count). The van der Waals surface area contributed by atoms with Gasteiger partial charge in [-0.05, 0) is 45.7 Å². The normalized spacial score (nSPS) is 10.7. The summed E-state index contributed by atoms with van der Waals surface area (Å²) in [6, 6.07) is 7.89. The highest BCUT2D eigenvalue weighted by molar-refractivity contribution is 5.69. The van der Waals surface area contributed by atoms with Crippen molar-refractivity contribution < 1.29 is 14.3 Å². The molecule has 0 aliphatic rings. The Hall–Kier alpha value is -2.63. The molecule has 0 saturated carbocycles. The predicted octanol–water partition coefficient (Wildman–Crippen LogP) is 4.92. The van der Waals surface area contributed by atoms with Crippen LogP contribution in [-0.4, -0.2) is 35.2 Å². The van der Waals surface area contributed by atoms with Crippen molar-refractivity contribution in [2.24, 2.45) is 0 Å². The first kappa shape index (κ1) is 21.7. The monoisotopic (exact) mass is 385 g/mol. The Bertz CT molecular complexity index is 707. The lowest BCUT2D eigenvalue weighted by Gasteiger charge is -2.24. The number of esters is 1. The van der Waals surface area contributed by atoms with E-state index in [9.17, 15) is 4.79 Å². The summed E-state index contributed by atoms with van der Waals surface area (Å²) >= 11 is 0. The van der Waals surface area contributed by atoms with Crippen LogP contribution in [0.15, 0.2) is 42.9 Å². The Morgan fingerprint density at radius 1 is 1.14 bits per heavy atom. The molecule has 0 aliphatic heterocycles. The number of pyridine rings is 2. The summed E-state index contributed by atoms with van der Waals surface area (Å²) in [6.07, 6.45) is 9.86. The molecule has 2 aromatic heterocycles. The van der Waals surface area contributed by atoms with Gasteiger partial charge in [-0.15, -0.1) is 0 Å². The van der Waals surface area contributed by atoms with Gasteiger partial charge in [0.05, 0.1) is 30.8 Å². The van der Waals surface area contributed by atoms with Gasteiger partial charge in [0.15, 0.2) is 0 Å². The van der Waals surface area contributed by atoms with Crippen molar-refractivity contribution in [3.8, 4) is 5.75 Å². The zero-order valence-electron chi connectivity index (χ0n) is 17.1. The smallest absolute Gasteiger partial charge is 0.305 e. The second kappa shape index (κ2) is 12.0. The Labute approximate surface area is 167 Å². The molecule has 0 saturated heterocycles. The molecule has 6 nitrogen and oxygen atoms in total. The van der Waals surface area contributed by atoms with Crippen LogP contribution in [0.4, 0.5) is 11.5 Å². The highest BCUT2D eigenvalue weighted by Crippen LogP contribution is 2.27. The molecule has 6 heteroatoms. The SMILES string of the molecule is CCOC(=O)CCCCCCN(c1cncc(OC(C)C)c1)c1ccccn1. The van der Waals surface area contributed by atoms with Gasteiger partial charge in [-0.3, -0.25) is 9.78 Å². The fraction of sp³-hybridized carbons (Fsp3) is 0.500. The number of ether oxygens (including phenoxy) is 2. The lowest BCUT2D eigenvalue weighted by atomic mass is 10.1. The molecule has 0 N–H and O–H groups in total. The van der Waals surface area contributed by atoms with Gasteiger partial charge in [-0.2, -0.15) is 0 Å². The fourth-order valence-electron chi connectivity index (χ4n) is 2.91. The molecule has 0 atom stereocenters. The lowest BCUT2D eigenvalue weighted by molar-refractivity contribution is -0.143. The van der Waals surface area contributed by atoms with Crippen molar-refractivity contribution >= 4 is 17.5 Å². The summed E-state index contributed by atoms with van der Waals surface area (Å²) in [5.41, 5.74) is 0.961. The quantitative estimate of drug-likeness (QED) is 0.382. The number of rotatable bonds is 12. The van der Waals surface area contributed by atoms with Crippen LogP contribution < -0.4 is 9.64 Å². The molecule has 28 heavy (non-hydrogen) atoms.